The maximum Gasteiger partial charge on any atom is 0.185 e. The monoisotopic (exact) mass is 221 g/mol. The quantitative estimate of drug-likeness (QED) is 0.770. The van der Waals surface area contributed by atoms with E-state index in [9.17, 15) is 0 Å². The summed E-state index contributed by atoms with van der Waals surface area (Å²) in [5.41, 5.74) is 0.918. The molecular formula is C11H15N3S. The summed E-state index contributed by atoms with van der Waals surface area (Å²) in [7, 11) is 0. The van der Waals surface area contributed by atoms with Gasteiger partial charge in [-0.15, -0.1) is 11.3 Å². The molecule has 4 heteroatoms. The van der Waals surface area contributed by atoms with E-state index in [2.05, 4.69) is 16.0 Å². The zero-order valence-electron chi connectivity index (χ0n) is 8.78. The minimum Gasteiger partial charge on any atom is -0.348 e. The van der Waals surface area contributed by atoms with Gasteiger partial charge in [-0.1, -0.05) is 12.8 Å². The highest BCUT2D eigenvalue weighted by Crippen LogP contribution is 2.23. The lowest BCUT2D eigenvalue weighted by Gasteiger charge is -2.18. The maximum absolute atomic E-state index is 8.59. The second kappa shape index (κ2) is 5.13. The first-order valence-electron chi connectivity index (χ1n) is 5.46. The average molecular weight is 221 g/mol. The molecule has 0 spiro atoms. The Kier molecular flexibility index (Phi) is 3.57. The Hall–Kier alpha value is -1.08. The second-order valence-corrected chi connectivity index (χ2v) is 4.69. The van der Waals surface area contributed by atoms with Crippen molar-refractivity contribution in [2.24, 2.45) is 0 Å². The summed E-state index contributed by atoms with van der Waals surface area (Å²) in [4.78, 5) is 6.85. The van der Waals surface area contributed by atoms with Crippen LogP contribution >= 0.6 is 11.3 Å². The normalized spacial score (nSPS) is 17.1. The third-order valence-corrected chi connectivity index (χ3v) is 3.63. The van der Waals surface area contributed by atoms with Gasteiger partial charge >= 0.3 is 0 Å². The van der Waals surface area contributed by atoms with Gasteiger partial charge in [-0.2, -0.15) is 5.26 Å². The number of nitrogens with zero attached hydrogens (tertiary/aromatic N) is 3. The van der Waals surface area contributed by atoms with E-state index < -0.39 is 0 Å². The number of hydrogen-bond donors (Lipinski definition) is 0. The summed E-state index contributed by atoms with van der Waals surface area (Å²) in [6.07, 6.45) is 5.66. The molecule has 0 unspecified atom stereocenters. The van der Waals surface area contributed by atoms with Gasteiger partial charge in [-0.25, -0.2) is 4.98 Å². The van der Waals surface area contributed by atoms with Crippen molar-refractivity contribution in [3.8, 4) is 6.07 Å². The molecule has 0 aliphatic carbocycles. The van der Waals surface area contributed by atoms with Crippen molar-refractivity contribution in [3.05, 3.63) is 11.1 Å². The van der Waals surface area contributed by atoms with Gasteiger partial charge in [0.05, 0.1) is 18.2 Å². The van der Waals surface area contributed by atoms with Crippen molar-refractivity contribution in [1.82, 2.24) is 4.98 Å². The standard InChI is InChI=1S/C11H15N3S/c12-6-5-10-9-15-11(13-10)14-7-3-1-2-4-8-14/h9H,1-5,7-8H2. The van der Waals surface area contributed by atoms with Crippen LogP contribution < -0.4 is 4.90 Å². The molecule has 0 saturated carbocycles. The lowest BCUT2D eigenvalue weighted by Crippen LogP contribution is -2.23. The van der Waals surface area contributed by atoms with Gasteiger partial charge in [0.2, 0.25) is 0 Å². The Labute approximate surface area is 94.4 Å². The zero-order chi connectivity index (χ0) is 10.5. The highest BCUT2D eigenvalue weighted by Gasteiger charge is 2.12. The van der Waals surface area contributed by atoms with Gasteiger partial charge in [0.1, 0.15) is 0 Å². The summed E-state index contributed by atoms with van der Waals surface area (Å²) >= 11 is 1.67. The number of anilines is 1. The van der Waals surface area contributed by atoms with E-state index in [4.69, 9.17) is 5.26 Å². The number of nitriles is 1. The molecule has 80 valence electrons. The van der Waals surface area contributed by atoms with Gasteiger partial charge in [-0.3, -0.25) is 0 Å². The van der Waals surface area contributed by atoms with Crippen LogP contribution in [0.4, 0.5) is 5.13 Å². The largest absolute Gasteiger partial charge is 0.348 e. The zero-order valence-corrected chi connectivity index (χ0v) is 9.59. The molecule has 0 aromatic carbocycles. The predicted molar refractivity (Wildman–Crippen MR) is 62.1 cm³/mol. The number of hydrogen-bond acceptors (Lipinski definition) is 4. The molecule has 1 aromatic heterocycles. The molecule has 1 aromatic rings. The minimum atomic E-state index is 0.435. The van der Waals surface area contributed by atoms with Crippen molar-refractivity contribution in [3.63, 3.8) is 0 Å². The molecule has 0 radical (unpaired) electrons. The second-order valence-electron chi connectivity index (χ2n) is 3.86. The van der Waals surface area contributed by atoms with Gasteiger partial charge in [-0.05, 0) is 12.8 Å². The number of rotatable bonds is 2. The van der Waals surface area contributed by atoms with Crippen LogP contribution in [0, 0.1) is 11.3 Å². The minimum absolute atomic E-state index is 0.435. The maximum atomic E-state index is 8.59. The summed E-state index contributed by atoms with van der Waals surface area (Å²) in [6, 6.07) is 2.14. The predicted octanol–water partition coefficient (Wildman–Crippen LogP) is 2.59. The summed E-state index contributed by atoms with van der Waals surface area (Å²) in [5.74, 6) is 0. The fourth-order valence-corrected chi connectivity index (χ4v) is 2.74. The average Bonchev–Trinajstić information content (AvgIpc) is 2.53. The van der Waals surface area contributed by atoms with Crippen LogP contribution in [-0.4, -0.2) is 18.1 Å². The van der Waals surface area contributed by atoms with Crippen LogP contribution in [0.25, 0.3) is 0 Å². The van der Waals surface area contributed by atoms with Crippen LogP contribution in [-0.2, 0) is 6.42 Å². The highest BCUT2D eigenvalue weighted by molar-refractivity contribution is 7.13. The molecule has 2 heterocycles. The van der Waals surface area contributed by atoms with E-state index in [-0.39, 0.29) is 0 Å². The SMILES string of the molecule is N#CCc1csc(N2CCCCCC2)n1. The third-order valence-electron chi connectivity index (χ3n) is 2.68. The molecule has 2 rings (SSSR count). The molecule has 0 amide bonds. The molecule has 1 fully saturated rings. The van der Waals surface area contributed by atoms with Crippen LogP contribution in [0.3, 0.4) is 0 Å². The highest BCUT2D eigenvalue weighted by atomic mass is 32.1. The lowest BCUT2D eigenvalue weighted by molar-refractivity contribution is 0.726. The lowest BCUT2D eigenvalue weighted by atomic mass is 10.2. The van der Waals surface area contributed by atoms with E-state index >= 15 is 0 Å². The third kappa shape index (κ3) is 2.69. The molecule has 1 aliphatic heterocycles. The molecule has 0 atom stereocenters. The Balaban J connectivity index is 2.04. The van der Waals surface area contributed by atoms with Crippen LogP contribution in [0.1, 0.15) is 31.4 Å². The first-order valence-corrected chi connectivity index (χ1v) is 6.34. The summed E-state index contributed by atoms with van der Waals surface area (Å²) in [5, 5.41) is 11.7. The van der Waals surface area contributed by atoms with Gasteiger partial charge < -0.3 is 4.90 Å². The molecule has 1 aliphatic rings. The Morgan fingerprint density at radius 2 is 2.07 bits per heavy atom. The molecular weight excluding hydrogens is 206 g/mol. The molecule has 15 heavy (non-hydrogen) atoms. The molecule has 3 nitrogen and oxygen atoms in total. The fourth-order valence-electron chi connectivity index (χ4n) is 1.87. The topological polar surface area (TPSA) is 39.9 Å². The number of aromatic nitrogens is 1. The van der Waals surface area contributed by atoms with E-state index in [0.717, 1.165) is 23.9 Å². The van der Waals surface area contributed by atoms with E-state index in [0.29, 0.717) is 6.42 Å². The van der Waals surface area contributed by atoms with Crippen molar-refractivity contribution in [2.75, 3.05) is 18.0 Å². The Morgan fingerprint density at radius 1 is 1.33 bits per heavy atom. The summed E-state index contributed by atoms with van der Waals surface area (Å²) < 4.78 is 0. The van der Waals surface area contributed by atoms with Crippen LogP contribution in [0.2, 0.25) is 0 Å². The van der Waals surface area contributed by atoms with Crippen LogP contribution in [0.5, 0.6) is 0 Å². The van der Waals surface area contributed by atoms with Gasteiger partial charge in [0.15, 0.2) is 5.13 Å². The van der Waals surface area contributed by atoms with Crippen molar-refractivity contribution in [1.29, 1.82) is 5.26 Å². The molecule has 0 bridgehead atoms. The van der Waals surface area contributed by atoms with Gasteiger partial charge in [0, 0.05) is 18.5 Å². The van der Waals surface area contributed by atoms with Crippen molar-refractivity contribution in [2.45, 2.75) is 32.1 Å². The van der Waals surface area contributed by atoms with E-state index in [1.54, 1.807) is 11.3 Å². The van der Waals surface area contributed by atoms with E-state index in [1.165, 1.54) is 25.7 Å². The number of thiazole rings is 1. The Bertz CT molecular complexity index is 345. The first kappa shape index (κ1) is 10.4. The van der Waals surface area contributed by atoms with E-state index in [1.807, 2.05) is 5.38 Å². The van der Waals surface area contributed by atoms with Gasteiger partial charge in [0.25, 0.3) is 0 Å². The van der Waals surface area contributed by atoms with Crippen molar-refractivity contribution < 1.29 is 0 Å². The smallest absolute Gasteiger partial charge is 0.185 e. The fraction of sp³-hybridized carbons (Fsp3) is 0.636. The summed E-state index contributed by atoms with van der Waals surface area (Å²) in [6.45, 7) is 2.25. The molecule has 0 N–H and O–H groups in total. The van der Waals surface area contributed by atoms with Crippen LogP contribution in [0.15, 0.2) is 5.38 Å². The van der Waals surface area contributed by atoms with Crippen molar-refractivity contribution >= 4 is 16.5 Å². The Morgan fingerprint density at radius 3 is 2.73 bits per heavy atom. The first-order chi connectivity index (χ1) is 7.40. The molecule has 1 saturated heterocycles.